The highest BCUT2D eigenvalue weighted by Gasteiger charge is 2.16. The lowest BCUT2D eigenvalue weighted by molar-refractivity contribution is -0.137. The second-order valence-electron chi connectivity index (χ2n) is 7.59. The number of carboxylic acids is 1. The van der Waals surface area contributed by atoms with Crippen LogP contribution in [0.15, 0.2) is 48.5 Å². The number of nitrogens with zero attached hydrogens (tertiary/aromatic N) is 1. The number of benzene rings is 2. The molecule has 0 radical (unpaired) electrons. The van der Waals surface area contributed by atoms with Crippen LogP contribution < -0.4 is 0 Å². The third-order valence-electron chi connectivity index (χ3n) is 5.61. The second-order valence-corrected chi connectivity index (χ2v) is 7.59. The van der Waals surface area contributed by atoms with Gasteiger partial charge in [-0.05, 0) is 73.7 Å². The van der Waals surface area contributed by atoms with E-state index >= 15 is 0 Å². The zero-order valence-corrected chi connectivity index (χ0v) is 16.2. The Morgan fingerprint density at radius 2 is 1.67 bits per heavy atom. The van der Waals surface area contributed by atoms with Crippen molar-refractivity contribution in [3.63, 3.8) is 0 Å². The average molecular weight is 366 g/mol. The summed E-state index contributed by atoms with van der Waals surface area (Å²) in [6, 6.07) is 17.5. The van der Waals surface area contributed by atoms with E-state index in [-0.39, 0.29) is 6.42 Å². The van der Waals surface area contributed by atoms with E-state index in [1.165, 1.54) is 29.5 Å². The van der Waals surface area contributed by atoms with Crippen LogP contribution in [0.25, 0.3) is 0 Å². The summed E-state index contributed by atoms with van der Waals surface area (Å²) in [6.45, 7) is 2.99. The van der Waals surface area contributed by atoms with Crippen LogP contribution in [0, 0.1) is 0 Å². The van der Waals surface area contributed by atoms with Crippen molar-refractivity contribution in [2.24, 2.45) is 0 Å². The van der Waals surface area contributed by atoms with Crippen LogP contribution in [-0.4, -0.2) is 35.6 Å². The van der Waals surface area contributed by atoms with Crippen LogP contribution in [0.3, 0.4) is 0 Å². The van der Waals surface area contributed by atoms with Crippen LogP contribution in [0.4, 0.5) is 0 Å². The van der Waals surface area contributed by atoms with Crippen molar-refractivity contribution in [1.82, 2.24) is 4.90 Å². The van der Waals surface area contributed by atoms with Gasteiger partial charge in [-0.2, -0.15) is 0 Å². The summed E-state index contributed by atoms with van der Waals surface area (Å²) in [5, 5.41) is 8.83. The molecule has 0 unspecified atom stereocenters. The number of rotatable bonds is 9. The molecule has 1 heterocycles. The Balaban J connectivity index is 1.50. The lowest BCUT2D eigenvalue weighted by atomic mass is 9.93. The zero-order valence-electron chi connectivity index (χ0n) is 16.2. The Labute approximate surface area is 163 Å². The maximum atomic E-state index is 10.7. The maximum absolute atomic E-state index is 10.7. The zero-order chi connectivity index (χ0) is 18.9. The first-order chi connectivity index (χ1) is 13.2. The third kappa shape index (κ3) is 6.21. The monoisotopic (exact) mass is 365 g/mol. The summed E-state index contributed by atoms with van der Waals surface area (Å²) in [5.41, 5.74) is 6.00. The van der Waals surface area contributed by atoms with E-state index in [4.69, 9.17) is 5.11 Å². The summed E-state index contributed by atoms with van der Waals surface area (Å²) < 4.78 is 0. The highest BCUT2D eigenvalue weighted by molar-refractivity contribution is 5.66. The molecule has 3 rings (SSSR count). The largest absolute Gasteiger partial charge is 0.481 e. The van der Waals surface area contributed by atoms with Crippen LogP contribution in [-0.2, 0) is 30.5 Å². The van der Waals surface area contributed by atoms with E-state index in [0.29, 0.717) is 0 Å². The van der Waals surface area contributed by atoms with E-state index in [1.807, 2.05) is 0 Å². The van der Waals surface area contributed by atoms with Gasteiger partial charge in [0.25, 0.3) is 0 Å². The first-order valence-electron chi connectivity index (χ1n) is 10.3. The minimum atomic E-state index is -0.689. The summed E-state index contributed by atoms with van der Waals surface area (Å²) in [4.78, 5) is 13.2. The van der Waals surface area contributed by atoms with E-state index in [9.17, 15) is 4.79 Å². The molecular formula is C24H31NO2. The van der Waals surface area contributed by atoms with Crippen molar-refractivity contribution in [3.05, 3.63) is 70.8 Å². The second kappa shape index (κ2) is 10.3. The quantitative estimate of drug-likeness (QED) is 0.664. The molecule has 0 atom stereocenters. The summed E-state index contributed by atoms with van der Waals surface area (Å²) in [5.74, 6) is -0.689. The SMILES string of the molecule is O=C(O)CCCN1CCc2cccc(CCCCc3ccccc3)c2CC1. The smallest absolute Gasteiger partial charge is 0.303 e. The minimum Gasteiger partial charge on any atom is -0.481 e. The fourth-order valence-electron chi connectivity index (χ4n) is 4.10. The Hall–Kier alpha value is -2.13. The predicted molar refractivity (Wildman–Crippen MR) is 110 cm³/mol. The molecule has 144 valence electrons. The molecule has 0 spiro atoms. The van der Waals surface area contributed by atoms with Crippen molar-refractivity contribution >= 4 is 5.97 Å². The van der Waals surface area contributed by atoms with Crippen LogP contribution in [0.5, 0.6) is 0 Å². The van der Waals surface area contributed by atoms with E-state index in [1.54, 1.807) is 5.56 Å². The molecule has 0 aromatic heterocycles. The van der Waals surface area contributed by atoms with Crippen LogP contribution >= 0.6 is 0 Å². The standard InChI is InChI=1S/C24H31NO2/c26-24(27)14-7-17-25-18-15-22-13-6-12-21(23(22)16-19-25)11-5-4-10-20-8-2-1-3-9-20/h1-3,6,8-9,12-13H,4-5,7,10-11,14-19H2,(H,26,27). The van der Waals surface area contributed by atoms with Gasteiger partial charge < -0.3 is 10.0 Å². The number of fused-ring (bicyclic) bond motifs is 1. The molecule has 1 N–H and O–H groups in total. The number of hydrogen-bond donors (Lipinski definition) is 1. The predicted octanol–water partition coefficient (Wildman–Crippen LogP) is 4.52. The molecule has 0 fully saturated rings. The average Bonchev–Trinajstić information content (AvgIpc) is 2.89. The van der Waals surface area contributed by atoms with E-state index < -0.39 is 5.97 Å². The Bertz CT molecular complexity index is 726. The molecule has 3 nitrogen and oxygen atoms in total. The molecule has 0 saturated heterocycles. The van der Waals surface area contributed by atoms with Gasteiger partial charge in [0, 0.05) is 19.5 Å². The van der Waals surface area contributed by atoms with Crippen molar-refractivity contribution in [1.29, 1.82) is 0 Å². The molecule has 0 amide bonds. The van der Waals surface area contributed by atoms with Gasteiger partial charge in [0.15, 0.2) is 0 Å². The number of carboxylic acid groups (broad SMARTS) is 1. The molecule has 0 aliphatic carbocycles. The van der Waals surface area contributed by atoms with Gasteiger partial charge in [0.1, 0.15) is 0 Å². The van der Waals surface area contributed by atoms with Gasteiger partial charge in [-0.3, -0.25) is 4.79 Å². The number of unbranched alkanes of at least 4 members (excludes halogenated alkanes) is 1. The lowest BCUT2D eigenvalue weighted by Crippen LogP contribution is -2.28. The molecular weight excluding hydrogens is 334 g/mol. The van der Waals surface area contributed by atoms with E-state index in [0.717, 1.165) is 51.7 Å². The first-order valence-corrected chi connectivity index (χ1v) is 10.3. The van der Waals surface area contributed by atoms with Crippen LogP contribution in [0.1, 0.15) is 47.9 Å². The van der Waals surface area contributed by atoms with Gasteiger partial charge in [-0.25, -0.2) is 0 Å². The molecule has 1 aliphatic rings. The van der Waals surface area contributed by atoms with Gasteiger partial charge in [0.2, 0.25) is 0 Å². The Morgan fingerprint density at radius 1 is 0.889 bits per heavy atom. The Kier molecular flexibility index (Phi) is 7.46. The number of aryl methyl sites for hydroxylation is 2. The normalized spacial score (nSPS) is 14.5. The summed E-state index contributed by atoms with van der Waals surface area (Å²) in [6.07, 6.45) is 7.98. The van der Waals surface area contributed by atoms with Crippen molar-refractivity contribution in [2.75, 3.05) is 19.6 Å². The van der Waals surface area contributed by atoms with Gasteiger partial charge in [0.05, 0.1) is 0 Å². The molecule has 27 heavy (non-hydrogen) atoms. The summed E-state index contributed by atoms with van der Waals surface area (Å²) >= 11 is 0. The molecule has 2 aromatic rings. The van der Waals surface area contributed by atoms with Crippen molar-refractivity contribution < 1.29 is 9.90 Å². The first kappa shape index (κ1) is 19.6. The van der Waals surface area contributed by atoms with Crippen molar-refractivity contribution in [3.8, 4) is 0 Å². The Morgan fingerprint density at radius 3 is 2.48 bits per heavy atom. The van der Waals surface area contributed by atoms with Gasteiger partial charge >= 0.3 is 5.97 Å². The molecule has 3 heteroatoms. The molecule has 0 bridgehead atoms. The third-order valence-corrected chi connectivity index (χ3v) is 5.61. The highest BCUT2D eigenvalue weighted by Crippen LogP contribution is 2.22. The number of aliphatic carboxylic acids is 1. The van der Waals surface area contributed by atoms with Crippen LogP contribution in [0.2, 0.25) is 0 Å². The fourth-order valence-corrected chi connectivity index (χ4v) is 4.10. The highest BCUT2D eigenvalue weighted by atomic mass is 16.4. The molecule has 1 aliphatic heterocycles. The number of carbonyl (C=O) groups is 1. The maximum Gasteiger partial charge on any atom is 0.303 e. The molecule has 2 aromatic carbocycles. The van der Waals surface area contributed by atoms with Gasteiger partial charge in [-0.1, -0.05) is 48.5 Å². The van der Waals surface area contributed by atoms with Crippen molar-refractivity contribution in [2.45, 2.75) is 51.4 Å². The lowest BCUT2D eigenvalue weighted by Gasteiger charge is -2.19. The molecule has 0 saturated carbocycles. The summed E-state index contributed by atoms with van der Waals surface area (Å²) in [7, 11) is 0. The van der Waals surface area contributed by atoms with Gasteiger partial charge in [-0.15, -0.1) is 0 Å². The fraction of sp³-hybridized carbons (Fsp3) is 0.458. The topological polar surface area (TPSA) is 40.5 Å². The minimum absolute atomic E-state index is 0.274. The number of hydrogen-bond acceptors (Lipinski definition) is 2. The van der Waals surface area contributed by atoms with E-state index in [2.05, 4.69) is 53.4 Å².